The maximum Gasteiger partial charge on any atom is 0.168 e. The van der Waals surface area contributed by atoms with E-state index in [1.165, 1.54) is 4.90 Å². The van der Waals surface area contributed by atoms with Gasteiger partial charge < -0.3 is 31.5 Å². The first kappa shape index (κ1) is 19.0. The van der Waals surface area contributed by atoms with E-state index in [9.17, 15) is 4.79 Å². The van der Waals surface area contributed by atoms with E-state index in [0.29, 0.717) is 25.4 Å². The number of aryl methyl sites for hydroxylation is 1. The Hall–Kier alpha value is -1.30. The van der Waals surface area contributed by atoms with Crippen molar-refractivity contribution < 1.29 is 36.3 Å². The van der Waals surface area contributed by atoms with Crippen molar-refractivity contribution in [1.82, 2.24) is 0 Å². The van der Waals surface area contributed by atoms with Gasteiger partial charge in [-0.2, -0.15) is 0 Å². The first-order chi connectivity index (χ1) is 11.3. The lowest BCUT2D eigenvalue weighted by Gasteiger charge is -2.23. The second-order valence-electron chi connectivity index (χ2n) is 6.15. The Bertz CT molecular complexity index is 558. The number of carbonyl (C=O) groups is 1. The lowest BCUT2D eigenvalue weighted by molar-refractivity contribution is -0.907. The summed E-state index contributed by atoms with van der Waals surface area (Å²) in [5.74, 6) is 1.69. The Morgan fingerprint density at radius 3 is 2.42 bits per heavy atom. The summed E-state index contributed by atoms with van der Waals surface area (Å²) in [7, 11) is 0. The summed E-state index contributed by atoms with van der Waals surface area (Å²) in [6.07, 6.45) is 2.27. The number of rotatable bonds is 5. The van der Waals surface area contributed by atoms with Crippen LogP contribution in [0.3, 0.4) is 0 Å². The molecule has 0 saturated carbocycles. The van der Waals surface area contributed by atoms with Crippen LogP contribution >= 0.6 is 0 Å². The molecule has 2 aliphatic rings. The molecule has 2 aliphatic heterocycles. The van der Waals surface area contributed by atoms with Gasteiger partial charge in [0, 0.05) is 12.0 Å². The minimum atomic E-state index is 0. The molecule has 1 saturated heterocycles. The number of halogens is 1. The molecular formula is C18H26ClNO4. The topological polar surface area (TPSA) is 49.2 Å². The quantitative estimate of drug-likeness (QED) is 0.615. The summed E-state index contributed by atoms with van der Waals surface area (Å²) in [5.41, 5.74) is 1.85. The van der Waals surface area contributed by atoms with Crippen LogP contribution in [0.25, 0.3) is 0 Å². The van der Waals surface area contributed by atoms with E-state index >= 15 is 0 Å². The number of hydrogen-bond acceptors (Lipinski definition) is 4. The standard InChI is InChI=1S/C18H25NO4.ClH/c1-2-14-12-17-18(23-9-3-8-22-17)13-15(14)16(20)4-5-19-6-10-21-11-7-19;/h12-13H,2-11H2,1H3;1H. The summed E-state index contributed by atoms with van der Waals surface area (Å²) >= 11 is 0. The van der Waals surface area contributed by atoms with E-state index in [4.69, 9.17) is 14.2 Å². The van der Waals surface area contributed by atoms with Crippen molar-refractivity contribution in [3.05, 3.63) is 23.3 Å². The molecule has 1 aromatic rings. The minimum Gasteiger partial charge on any atom is -1.00 e. The molecule has 1 N–H and O–H groups in total. The Balaban J connectivity index is 0.00000208. The molecule has 0 bridgehead atoms. The van der Waals surface area contributed by atoms with Gasteiger partial charge in [-0.1, -0.05) is 6.92 Å². The number of Topliss-reactive ketones (excluding diaryl/α,β-unsaturated/α-hetero) is 1. The molecule has 134 valence electrons. The van der Waals surface area contributed by atoms with Gasteiger partial charge in [0.25, 0.3) is 0 Å². The lowest BCUT2D eigenvalue weighted by atomic mass is 9.98. The third kappa shape index (κ3) is 4.62. The summed E-state index contributed by atoms with van der Waals surface area (Å²) in [4.78, 5) is 14.2. The van der Waals surface area contributed by atoms with E-state index in [1.54, 1.807) is 0 Å². The van der Waals surface area contributed by atoms with Crippen LogP contribution in [0, 0.1) is 0 Å². The van der Waals surface area contributed by atoms with Crippen molar-refractivity contribution in [2.45, 2.75) is 26.2 Å². The summed E-state index contributed by atoms with van der Waals surface area (Å²) in [6.45, 7) is 7.85. The van der Waals surface area contributed by atoms with Crippen LogP contribution < -0.4 is 26.8 Å². The van der Waals surface area contributed by atoms with Crippen molar-refractivity contribution in [3.8, 4) is 11.5 Å². The van der Waals surface area contributed by atoms with Gasteiger partial charge in [0.15, 0.2) is 17.3 Å². The third-order valence-corrected chi connectivity index (χ3v) is 4.56. The zero-order chi connectivity index (χ0) is 16.1. The SMILES string of the molecule is CCc1cc2c(cc1C(=O)CC[NH+]1CCOCC1)OCCCO2.[Cl-]. The van der Waals surface area contributed by atoms with Crippen LogP contribution in [-0.4, -0.2) is 51.8 Å². The molecular weight excluding hydrogens is 330 g/mol. The van der Waals surface area contributed by atoms with Gasteiger partial charge in [0.2, 0.25) is 0 Å². The number of hydrogen-bond donors (Lipinski definition) is 1. The predicted molar refractivity (Wildman–Crippen MR) is 86.8 cm³/mol. The average molecular weight is 356 g/mol. The molecule has 3 rings (SSSR count). The smallest absolute Gasteiger partial charge is 0.168 e. The molecule has 0 atom stereocenters. The van der Waals surface area contributed by atoms with Crippen molar-refractivity contribution in [2.24, 2.45) is 0 Å². The second kappa shape index (κ2) is 9.25. The molecule has 0 radical (unpaired) electrons. The van der Waals surface area contributed by atoms with E-state index in [2.05, 4.69) is 6.92 Å². The monoisotopic (exact) mass is 355 g/mol. The van der Waals surface area contributed by atoms with Crippen LogP contribution in [0.2, 0.25) is 0 Å². The summed E-state index contributed by atoms with van der Waals surface area (Å²) in [6, 6.07) is 3.87. The Labute approximate surface area is 149 Å². The van der Waals surface area contributed by atoms with E-state index in [0.717, 1.165) is 62.6 Å². The van der Waals surface area contributed by atoms with Gasteiger partial charge in [0.05, 0.1) is 39.4 Å². The number of ketones is 1. The summed E-state index contributed by atoms with van der Waals surface area (Å²) < 4.78 is 16.8. The highest BCUT2D eigenvalue weighted by Gasteiger charge is 2.20. The fourth-order valence-corrected chi connectivity index (χ4v) is 3.14. The van der Waals surface area contributed by atoms with E-state index < -0.39 is 0 Å². The predicted octanol–water partition coefficient (Wildman–Crippen LogP) is -2.10. The summed E-state index contributed by atoms with van der Waals surface area (Å²) in [5, 5.41) is 0. The molecule has 6 heteroatoms. The van der Waals surface area contributed by atoms with Crippen molar-refractivity contribution in [3.63, 3.8) is 0 Å². The van der Waals surface area contributed by atoms with Crippen LogP contribution in [0.1, 0.15) is 35.7 Å². The highest BCUT2D eigenvalue weighted by molar-refractivity contribution is 5.98. The molecule has 1 fully saturated rings. The maximum atomic E-state index is 12.7. The first-order valence-corrected chi connectivity index (χ1v) is 8.65. The Kier molecular flexibility index (Phi) is 7.34. The largest absolute Gasteiger partial charge is 1.00 e. The molecule has 0 spiro atoms. The highest BCUT2D eigenvalue weighted by atomic mass is 35.5. The Morgan fingerprint density at radius 1 is 1.08 bits per heavy atom. The highest BCUT2D eigenvalue weighted by Crippen LogP contribution is 2.33. The van der Waals surface area contributed by atoms with Gasteiger partial charge in [-0.25, -0.2) is 0 Å². The van der Waals surface area contributed by atoms with Gasteiger partial charge in [-0.3, -0.25) is 4.79 Å². The number of carbonyl (C=O) groups excluding carboxylic acids is 1. The van der Waals surface area contributed by atoms with Crippen LogP contribution in [0.15, 0.2) is 12.1 Å². The molecule has 0 aromatic heterocycles. The van der Waals surface area contributed by atoms with E-state index in [1.807, 2.05) is 12.1 Å². The van der Waals surface area contributed by atoms with Crippen molar-refractivity contribution >= 4 is 5.78 Å². The molecule has 2 heterocycles. The van der Waals surface area contributed by atoms with Crippen LogP contribution in [0.5, 0.6) is 11.5 Å². The number of ether oxygens (including phenoxy) is 3. The van der Waals surface area contributed by atoms with Gasteiger partial charge in [0.1, 0.15) is 13.1 Å². The zero-order valence-corrected chi connectivity index (χ0v) is 15.0. The van der Waals surface area contributed by atoms with Gasteiger partial charge >= 0.3 is 0 Å². The molecule has 0 aliphatic carbocycles. The van der Waals surface area contributed by atoms with Gasteiger partial charge in [-0.05, 0) is 24.1 Å². The zero-order valence-electron chi connectivity index (χ0n) is 14.2. The fraction of sp³-hybridized carbons (Fsp3) is 0.611. The van der Waals surface area contributed by atoms with Crippen LogP contribution in [-0.2, 0) is 11.2 Å². The second-order valence-corrected chi connectivity index (χ2v) is 6.15. The molecule has 0 amide bonds. The minimum absolute atomic E-state index is 0. The fourth-order valence-electron chi connectivity index (χ4n) is 3.14. The number of quaternary nitrogens is 1. The van der Waals surface area contributed by atoms with Crippen molar-refractivity contribution in [2.75, 3.05) is 46.1 Å². The average Bonchev–Trinajstić information content (AvgIpc) is 2.84. The van der Waals surface area contributed by atoms with Crippen LogP contribution in [0.4, 0.5) is 0 Å². The van der Waals surface area contributed by atoms with E-state index in [-0.39, 0.29) is 18.2 Å². The molecule has 24 heavy (non-hydrogen) atoms. The first-order valence-electron chi connectivity index (χ1n) is 8.65. The molecule has 5 nitrogen and oxygen atoms in total. The molecule has 0 unspecified atom stereocenters. The number of nitrogens with one attached hydrogen (secondary N) is 1. The number of benzene rings is 1. The number of fused-ring (bicyclic) bond motifs is 1. The third-order valence-electron chi connectivity index (χ3n) is 4.56. The Morgan fingerprint density at radius 2 is 1.75 bits per heavy atom. The maximum absolute atomic E-state index is 12.7. The lowest BCUT2D eigenvalue weighted by Crippen LogP contribution is -3.14. The van der Waals surface area contributed by atoms with Gasteiger partial charge in [-0.15, -0.1) is 0 Å². The molecule has 1 aromatic carbocycles. The van der Waals surface area contributed by atoms with Crippen molar-refractivity contribution in [1.29, 1.82) is 0 Å². The normalized spacial score (nSPS) is 17.7. The number of morpholine rings is 1.